The number of carbonyl (C=O) groups is 2. The van der Waals surface area contributed by atoms with Gasteiger partial charge in [0.05, 0.1) is 6.04 Å². The van der Waals surface area contributed by atoms with Crippen molar-refractivity contribution in [2.45, 2.75) is 19.4 Å². The summed E-state index contributed by atoms with van der Waals surface area (Å²) in [5.74, 6) is -0.113. The zero-order chi connectivity index (χ0) is 17.1. The number of rotatable bonds is 3. The monoisotopic (exact) mass is 328 g/mol. The predicted octanol–water partition coefficient (Wildman–Crippen LogP) is 2.46. The average molecular weight is 328 g/mol. The largest absolute Gasteiger partial charge is 0.333 e. The molecule has 1 atom stereocenters. The quantitative estimate of drug-likeness (QED) is 0.909. The molecule has 2 heterocycles. The van der Waals surface area contributed by atoms with Crippen molar-refractivity contribution in [1.29, 1.82) is 0 Å². The molecule has 1 aliphatic heterocycles. The summed E-state index contributed by atoms with van der Waals surface area (Å²) in [6.07, 6.45) is 0.172. The summed E-state index contributed by atoms with van der Waals surface area (Å²) in [6, 6.07) is 10.4. The van der Waals surface area contributed by atoms with Gasteiger partial charge in [-0.1, -0.05) is 12.1 Å². The number of aryl methyl sites for hydroxylation is 1. The first-order valence-electron chi connectivity index (χ1n) is 7.58. The molecular formula is C17H17FN4O2. The maximum Gasteiger partial charge on any atom is 0.320 e. The second-order valence-corrected chi connectivity index (χ2v) is 5.65. The van der Waals surface area contributed by atoms with E-state index in [1.54, 1.807) is 24.3 Å². The van der Waals surface area contributed by atoms with Gasteiger partial charge in [-0.15, -0.1) is 0 Å². The van der Waals surface area contributed by atoms with Crippen LogP contribution in [0, 0.1) is 12.7 Å². The third-order valence-corrected chi connectivity index (χ3v) is 3.71. The molecule has 1 fully saturated rings. The highest BCUT2D eigenvalue weighted by Crippen LogP contribution is 2.22. The number of pyridine rings is 1. The van der Waals surface area contributed by atoms with Gasteiger partial charge in [0.1, 0.15) is 11.6 Å². The fourth-order valence-corrected chi connectivity index (χ4v) is 2.65. The minimum absolute atomic E-state index is 0.153. The number of nitrogens with zero attached hydrogens (tertiary/aromatic N) is 2. The van der Waals surface area contributed by atoms with Crippen molar-refractivity contribution in [2.75, 3.05) is 16.8 Å². The van der Waals surface area contributed by atoms with Gasteiger partial charge in [0, 0.05) is 24.3 Å². The molecule has 1 aliphatic rings. The molecule has 0 saturated carbocycles. The second-order valence-electron chi connectivity index (χ2n) is 5.65. The number of hydrogen-bond donors (Lipinski definition) is 2. The third-order valence-electron chi connectivity index (χ3n) is 3.71. The van der Waals surface area contributed by atoms with Crippen LogP contribution in [0.25, 0.3) is 0 Å². The normalized spacial score (nSPS) is 17.0. The van der Waals surface area contributed by atoms with Crippen molar-refractivity contribution in [2.24, 2.45) is 0 Å². The van der Waals surface area contributed by atoms with E-state index in [0.29, 0.717) is 18.1 Å². The van der Waals surface area contributed by atoms with Crippen molar-refractivity contribution < 1.29 is 14.0 Å². The van der Waals surface area contributed by atoms with Crippen LogP contribution in [0.4, 0.5) is 20.7 Å². The van der Waals surface area contributed by atoms with E-state index in [9.17, 15) is 14.0 Å². The van der Waals surface area contributed by atoms with Crippen LogP contribution in [-0.4, -0.2) is 29.5 Å². The van der Waals surface area contributed by atoms with E-state index < -0.39 is 11.8 Å². The molecule has 124 valence electrons. The van der Waals surface area contributed by atoms with Gasteiger partial charge < -0.3 is 10.2 Å². The van der Waals surface area contributed by atoms with Crippen LogP contribution < -0.4 is 15.5 Å². The fourth-order valence-electron chi connectivity index (χ4n) is 2.65. The lowest BCUT2D eigenvalue weighted by molar-refractivity contribution is -0.117. The van der Waals surface area contributed by atoms with E-state index in [4.69, 9.17) is 0 Å². The minimum atomic E-state index is -0.424. The molecule has 2 N–H and O–H groups in total. The Balaban J connectivity index is 1.61. The van der Waals surface area contributed by atoms with Crippen molar-refractivity contribution in [1.82, 2.24) is 10.3 Å². The molecule has 24 heavy (non-hydrogen) atoms. The average Bonchev–Trinajstić information content (AvgIpc) is 2.87. The number of amides is 3. The highest BCUT2D eigenvalue weighted by Gasteiger charge is 2.31. The predicted molar refractivity (Wildman–Crippen MR) is 88.3 cm³/mol. The number of nitrogens with one attached hydrogen (secondary N) is 2. The molecule has 2 aromatic rings. The number of hydrogen-bond acceptors (Lipinski definition) is 3. The maximum atomic E-state index is 13.3. The third kappa shape index (κ3) is 3.68. The molecule has 0 spiro atoms. The Bertz CT molecular complexity index is 781. The standard InChI is InChI=1S/C17H17FN4O2/c1-11-4-2-7-15(19-11)21-17(24)20-13-9-16(23)22(10-13)14-6-3-5-12(18)8-14/h2-8,13H,9-10H2,1H3,(H2,19,20,21,24)/t13-/m0/s1. The number of urea groups is 1. The van der Waals surface area contributed by atoms with Gasteiger partial charge in [-0.05, 0) is 37.3 Å². The molecule has 0 unspecified atom stereocenters. The second kappa shape index (κ2) is 6.66. The smallest absolute Gasteiger partial charge is 0.320 e. The zero-order valence-corrected chi connectivity index (χ0v) is 13.1. The van der Waals surface area contributed by atoms with Gasteiger partial charge in [-0.3, -0.25) is 10.1 Å². The molecule has 3 rings (SSSR count). The van der Waals surface area contributed by atoms with Crippen LogP contribution in [0.15, 0.2) is 42.5 Å². The maximum absolute atomic E-state index is 13.3. The Hall–Kier alpha value is -2.96. The van der Waals surface area contributed by atoms with Crippen LogP contribution in [0.1, 0.15) is 12.1 Å². The van der Waals surface area contributed by atoms with Crippen molar-refractivity contribution in [3.8, 4) is 0 Å². The molecule has 7 heteroatoms. The van der Waals surface area contributed by atoms with Gasteiger partial charge in [-0.25, -0.2) is 14.2 Å². The minimum Gasteiger partial charge on any atom is -0.333 e. The van der Waals surface area contributed by atoms with Crippen LogP contribution in [-0.2, 0) is 4.79 Å². The van der Waals surface area contributed by atoms with Gasteiger partial charge in [0.2, 0.25) is 5.91 Å². The van der Waals surface area contributed by atoms with E-state index in [-0.39, 0.29) is 18.4 Å². The summed E-state index contributed by atoms with van der Waals surface area (Å²) >= 11 is 0. The zero-order valence-electron chi connectivity index (χ0n) is 13.1. The number of halogens is 1. The Morgan fingerprint density at radius 1 is 1.29 bits per heavy atom. The number of aromatic nitrogens is 1. The van der Waals surface area contributed by atoms with Crippen LogP contribution in [0.2, 0.25) is 0 Å². The van der Waals surface area contributed by atoms with E-state index in [1.807, 2.05) is 13.0 Å². The summed E-state index contributed by atoms with van der Waals surface area (Å²) in [4.78, 5) is 29.8. The highest BCUT2D eigenvalue weighted by atomic mass is 19.1. The van der Waals surface area contributed by atoms with Crippen molar-refractivity contribution in [3.63, 3.8) is 0 Å². The first-order valence-corrected chi connectivity index (χ1v) is 7.58. The van der Waals surface area contributed by atoms with E-state index in [2.05, 4.69) is 15.6 Å². The SMILES string of the molecule is Cc1cccc(NC(=O)N[C@H]2CC(=O)N(c3cccc(F)c3)C2)n1. The van der Waals surface area contributed by atoms with Gasteiger partial charge in [0.25, 0.3) is 0 Å². The molecule has 0 radical (unpaired) electrons. The number of carbonyl (C=O) groups excluding carboxylic acids is 2. The summed E-state index contributed by atoms with van der Waals surface area (Å²) < 4.78 is 13.3. The first-order chi connectivity index (χ1) is 11.5. The fraction of sp³-hybridized carbons (Fsp3) is 0.235. The Morgan fingerprint density at radius 2 is 2.08 bits per heavy atom. The lowest BCUT2D eigenvalue weighted by Gasteiger charge is -2.17. The summed E-state index contributed by atoms with van der Waals surface area (Å²) in [7, 11) is 0. The topological polar surface area (TPSA) is 74.3 Å². The molecule has 3 amide bonds. The summed E-state index contributed by atoms with van der Waals surface area (Å²) in [6.45, 7) is 2.13. The lowest BCUT2D eigenvalue weighted by atomic mass is 10.2. The van der Waals surface area contributed by atoms with Crippen LogP contribution in [0.3, 0.4) is 0 Å². The van der Waals surface area contributed by atoms with Gasteiger partial charge in [-0.2, -0.15) is 0 Å². The molecule has 1 aromatic carbocycles. The van der Waals surface area contributed by atoms with Crippen LogP contribution in [0.5, 0.6) is 0 Å². The summed E-state index contributed by atoms with van der Waals surface area (Å²) in [5.41, 5.74) is 1.28. The molecule has 0 bridgehead atoms. The molecule has 0 aliphatic carbocycles. The van der Waals surface area contributed by atoms with E-state index in [1.165, 1.54) is 17.0 Å². The highest BCUT2D eigenvalue weighted by molar-refractivity contribution is 5.97. The van der Waals surface area contributed by atoms with E-state index >= 15 is 0 Å². The van der Waals surface area contributed by atoms with Crippen molar-refractivity contribution >= 4 is 23.4 Å². The molecule has 1 saturated heterocycles. The first kappa shape index (κ1) is 15.9. The molecular weight excluding hydrogens is 311 g/mol. The van der Waals surface area contributed by atoms with Gasteiger partial charge in [0.15, 0.2) is 0 Å². The molecule has 1 aromatic heterocycles. The molecule has 6 nitrogen and oxygen atoms in total. The Morgan fingerprint density at radius 3 is 2.83 bits per heavy atom. The Labute approximate surface area is 138 Å². The van der Waals surface area contributed by atoms with Gasteiger partial charge >= 0.3 is 6.03 Å². The number of anilines is 2. The lowest BCUT2D eigenvalue weighted by Crippen LogP contribution is -2.39. The summed E-state index contributed by atoms with van der Waals surface area (Å²) in [5, 5.41) is 5.38. The number of benzene rings is 1. The van der Waals surface area contributed by atoms with Crippen molar-refractivity contribution in [3.05, 3.63) is 54.0 Å². The van der Waals surface area contributed by atoms with E-state index in [0.717, 1.165) is 5.69 Å². The van der Waals surface area contributed by atoms with Crippen LogP contribution >= 0.6 is 0 Å². The Kier molecular flexibility index (Phi) is 4.41.